The van der Waals surface area contributed by atoms with Crippen LogP contribution in [0, 0.1) is 17.3 Å². The Bertz CT molecular complexity index is 1360. The molecule has 4 atom stereocenters. The number of hydrogen-bond acceptors (Lipinski definition) is 5. The first-order valence-corrected chi connectivity index (χ1v) is 15.7. The molecule has 8 heteroatoms. The molecule has 1 aromatic heterocycles. The van der Waals surface area contributed by atoms with Gasteiger partial charge in [0.15, 0.2) is 11.6 Å². The summed E-state index contributed by atoms with van der Waals surface area (Å²) in [6.45, 7) is 10.3. The Morgan fingerprint density at radius 1 is 1.15 bits per heavy atom. The third-order valence-electron chi connectivity index (χ3n) is 9.68. The van der Waals surface area contributed by atoms with Gasteiger partial charge in [0.25, 0.3) is 0 Å². The number of amides is 2. The number of aryl methyl sites for hydroxylation is 2. The summed E-state index contributed by atoms with van der Waals surface area (Å²) in [5.74, 6) is 0.369. The van der Waals surface area contributed by atoms with Gasteiger partial charge in [-0.3, -0.25) is 23.9 Å². The lowest BCUT2D eigenvalue weighted by Crippen LogP contribution is -2.44. The average Bonchev–Trinajstić information content (AvgIpc) is 3.35. The second-order valence-corrected chi connectivity index (χ2v) is 13.3. The summed E-state index contributed by atoms with van der Waals surface area (Å²) in [6.07, 6.45) is 8.30. The van der Waals surface area contributed by atoms with Crippen molar-refractivity contribution < 1.29 is 19.2 Å². The zero-order chi connectivity index (χ0) is 29.5. The van der Waals surface area contributed by atoms with Crippen LogP contribution >= 0.6 is 0 Å². The van der Waals surface area contributed by atoms with Gasteiger partial charge in [0.1, 0.15) is 12.2 Å². The van der Waals surface area contributed by atoms with Gasteiger partial charge in [0.2, 0.25) is 11.8 Å². The van der Waals surface area contributed by atoms with Crippen LogP contribution in [0.1, 0.15) is 108 Å². The minimum Gasteiger partial charge on any atom is -0.355 e. The molecule has 1 saturated heterocycles. The molecule has 0 unspecified atom stereocenters. The monoisotopic (exact) mass is 562 g/mol. The number of rotatable bonds is 6. The molecule has 1 aromatic carbocycles. The fourth-order valence-electron chi connectivity index (χ4n) is 7.11. The Kier molecular flexibility index (Phi) is 8.40. The molecule has 3 heterocycles. The Morgan fingerprint density at radius 2 is 1.93 bits per heavy atom. The molecular weight excluding hydrogens is 516 g/mol. The molecule has 2 amide bonds. The lowest BCUT2D eigenvalue weighted by molar-refractivity contribution is -0.139. The largest absolute Gasteiger partial charge is 0.355 e. The zero-order valence-corrected chi connectivity index (χ0v) is 25.4. The van der Waals surface area contributed by atoms with Crippen LogP contribution in [0.3, 0.4) is 0 Å². The lowest BCUT2D eigenvalue weighted by atomic mass is 9.94. The summed E-state index contributed by atoms with van der Waals surface area (Å²) >= 11 is 0. The SMILES string of the molecule is CCC(=O)[C@@H]1C[C@]23CNC(=O)[C@@H](C)CCCCCc4cc(CCC(C)C)cc5c(C(C)=O)nn(c45)CC(=O)N1[C@@H]2C3. The minimum absolute atomic E-state index is 0.00835. The first-order valence-electron chi connectivity index (χ1n) is 15.7. The summed E-state index contributed by atoms with van der Waals surface area (Å²) in [5, 5.41) is 8.71. The molecule has 5 rings (SSSR count). The Labute approximate surface area is 243 Å². The quantitative estimate of drug-likeness (QED) is 0.498. The smallest absolute Gasteiger partial charge is 0.245 e. The molecule has 1 saturated carbocycles. The number of ketones is 2. The van der Waals surface area contributed by atoms with E-state index < -0.39 is 6.04 Å². The molecule has 0 spiro atoms. The number of carbonyl (C=O) groups excluding carboxylic acids is 4. The second kappa shape index (κ2) is 11.7. The van der Waals surface area contributed by atoms with Crippen molar-refractivity contribution in [3.05, 3.63) is 29.0 Å². The van der Waals surface area contributed by atoms with E-state index in [1.807, 2.05) is 13.8 Å². The highest BCUT2D eigenvalue weighted by Gasteiger charge is 2.66. The average molecular weight is 563 g/mol. The summed E-state index contributed by atoms with van der Waals surface area (Å²) in [4.78, 5) is 54.5. The number of benzene rings is 1. The summed E-state index contributed by atoms with van der Waals surface area (Å²) in [7, 11) is 0. The van der Waals surface area contributed by atoms with Crippen LogP contribution in [0.15, 0.2) is 12.1 Å². The molecule has 8 nitrogen and oxygen atoms in total. The topological polar surface area (TPSA) is 101 Å². The summed E-state index contributed by atoms with van der Waals surface area (Å²) in [6, 6.07) is 3.80. The van der Waals surface area contributed by atoms with E-state index in [-0.39, 0.29) is 47.3 Å². The highest BCUT2D eigenvalue weighted by atomic mass is 16.2. The number of hydrogen-bond donors (Lipinski definition) is 1. The number of carbonyl (C=O) groups is 4. The van der Waals surface area contributed by atoms with Gasteiger partial charge in [-0.15, -0.1) is 0 Å². The van der Waals surface area contributed by atoms with E-state index in [2.05, 4.69) is 31.3 Å². The van der Waals surface area contributed by atoms with Crippen molar-refractivity contribution >= 4 is 34.3 Å². The lowest BCUT2D eigenvalue weighted by Gasteiger charge is -2.26. The molecule has 2 aliphatic heterocycles. The fraction of sp³-hybridized carbons (Fsp3) is 0.667. The molecule has 1 aliphatic carbocycles. The highest BCUT2D eigenvalue weighted by Crippen LogP contribution is 2.59. The van der Waals surface area contributed by atoms with Crippen molar-refractivity contribution in [3.63, 3.8) is 0 Å². The predicted octanol–water partition coefficient (Wildman–Crippen LogP) is 5.04. The van der Waals surface area contributed by atoms with Crippen molar-refractivity contribution in [2.75, 3.05) is 6.54 Å². The van der Waals surface area contributed by atoms with Gasteiger partial charge < -0.3 is 10.2 Å². The van der Waals surface area contributed by atoms with E-state index in [9.17, 15) is 19.2 Å². The van der Waals surface area contributed by atoms with Gasteiger partial charge in [0, 0.05) is 42.7 Å². The predicted molar refractivity (Wildman–Crippen MR) is 159 cm³/mol. The van der Waals surface area contributed by atoms with Crippen LogP contribution in [0.2, 0.25) is 0 Å². The molecular formula is C33H46N4O4. The molecule has 41 heavy (non-hydrogen) atoms. The van der Waals surface area contributed by atoms with Crippen LogP contribution in [-0.2, 0) is 33.8 Å². The zero-order valence-electron chi connectivity index (χ0n) is 25.4. The Balaban J connectivity index is 1.56. The van der Waals surface area contributed by atoms with Crippen molar-refractivity contribution in [2.24, 2.45) is 17.3 Å². The van der Waals surface area contributed by atoms with Crippen LogP contribution in [0.5, 0.6) is 0 Å². The number of Topliss-reactive ketones (excluding diaryl/α,β-unsaturated/α-hetero) is 2. The van der Waals surface area contributed by atoms with E-state index >= 15 is 0 Å². The maximum Gasteiger partial charge on any atom is 0.245 e. The maximum absolute atomic E-state index is 14.0. The molecule has 222 valence electrons. The van der Waals surface area contributed by atoms with Gasteiger partial charge >= 0.3 is 0 Å². The van der Waals surface area contributed by atoms with Gasteiger partial charge in [-0.1, -0.05) is 46.6 Å². The van der Waals surface area contributed by atoms with Gasteiger partial charge in [-0.05, 0) is 68.1 Å². The normalized spacial score (nSPS) is 27.1. The van der Waals surface area contributed by atoms with E-state index in [1.165, 1.54) is 12.5 Å². The van der Waals surface area contributed by atoms with E-state index in [1.54, 1.807) is 9.58 Å². The van der Waals surface area contributed by atoms with E-state index in [0.717, 1.165) is 67.8 Å². The van der Waals surface area contributed by atoms with Crippen molar-refractivity contribution in [1.29, 1.82) is 0 Å². The number of nitrogens with zero attached hydrogens (tertiary/aromatic N) is 3. The van der Waals surface area contributed by atoms with Crippen LogP contribution < -0.4 is 5.32 Å². The molecule has 1 N–H and O–H groups in total. The summed E-state index contributed by atoms with van der Waals surface area (Å²) < 4.78 is 1.73. The number of nitrogens with one attached hydrogen (secondary N) is 1. The van der Waals surface area contributed by atoms with Gasteiger partial charge in [-0.25, -0.2) is 0 Å². The second-order valence-electron chi connectivity index (χ2n) is 13.3. The molecule has 3 aliphatic rings. The third-order valence-corrected chi connectivity index (χ3v) is 9.68. The van der Waals surface area contributed by atoms with E-state index in [0.29, 0.717) is 31.0 Å². The van der Waals surface area contributed by atoms with Crippen molar-refractivity contribution in [3.8, 4) is 0 Å². The molecule has 0 radical (unpaired) electrons. The molecule has 2 aromatic rings. The highest BCUT2D eigenvalue weighted by molar-refractivity contribution is 6.06. The first kappa shape index (κ1) is 29.5. The fourth-order valence-corrected chi connectivity index (χ4v) is 7.11. The van der Waals surface area contributed by atoms with Crippen LogP contribution in [0.25, 0.3) is 10.9 Å². The van der Waals surface area contributed by atoms with Gasteiger partial charge in [0.05, 0.1) is 11.6 Å². The Morgan fingerprint density at radius 3 is 2.63 bits per heavy atom. The van der Waals surface area contributed by atoms with Crippen LogP contribution in [-0.4, -0.2) is 56.7 Å². The minimum atomic E-state index is -0.476. The van der Waals surface area contributed by atoms with E-state index in [4.69, 9.17) is 5.10 Å². The third kappa shape index (κ3) is 5.84. The maximum atomic E-state index is 14.0. The van der Waals surface area contributed by atoms with Crippen molar-refractivity contribution in [2.45, 2.75) is 117 Å². The van der Waals surface area contributed by atoms with Crippen molar-refractivity contribution in [1.82, 2.24) is 20.0 Å². The number of piperidine rings is 1. The Hall–Kier alpha value is -3.03. The standard InChI is InChI=1S/C33H46N4O4/c1-6-27(39)26-16-33-17-28(33)37(26)29(40)18-36-31-24(11-9-7-8-10-21(4)32(41)34-19-33)14-23(13-12-20(2)3)15-25(31)30(35-36)22(5)38/h14-15,20-21,26,28H,6-13,16-19H2,1-5H3,(H,34,41)/t21-,26-,28+,33-/m0/s1. The molecule has 2 fully saturated rings. The van der Waals surface area contributed by atoms with Gasteiger partial charge in [-0.2, -0.15) is 5.10 Å². The van der Waals surface area contributed by atoms with Crippen LogP contribution in [0.4, 0.5) is 0 Å². The number of aromatic nitrogens is 2. The first-order chi connectivity index (χ1) is 19.5. The molecule has 2 bridgehead atoms. The summed E-state index contributed by atoms with van der Waals surface area (Å²) in [5.41, 5.74) is 3.36.